The predicted octanol–water partition coefficient (Wildman–Crippen LogP) is 3.20. The molecule has 0 radical (unpaired) electrons. The number of nitrogens with zero attached hydrogens (tertiary/aromatic N) is 1. The molecule has 1 aromatic heterocycles. The fraction of sp³-hybridized carbons (Fsp3) is 0.467. The second-order valence-electron chi connectivity index (χ2n) is 5.59. The van der Waals surface area contributed by atoms with E-state index in [1.165, 1.54) is 6.42 Å². The van der Waals surface area contributed by atoms with Crippen molar-refractivity contribution in [3.05, 3.63) is 23.2 Å². The van der Waals surface area contributed by atoms with Crippen molar-refractivity contribution in [3.63, 3.8) is 0 Å². The lowest BCUT2D eigenvalue weighted by Crippen LogP contribution is -2.52. The van der Waals surface area contributed by atoms with Crippen molar-refractivity contribution in [3.8, 4) is 0 Å². The van der Waals surface area contributed by atoms with E-state index in [1.54, 1.807) is 11.3 Å². The maximum atomic E-state index is 12.4. The van der Waals surface area contributed by atoms with Gasteiger partial charge in [0.15, 0.2) is 0 Å². The number of benzene rings is 1. The highest BCUT2D eigenvalue weighted by atomic mass is 32.1. The second kappa shape index (κ2) is 5.14. The van der Waals surface area contributed by atoms with E-state index in [1.807, 2.05) is 25.1 Å². The zero-order valence-electron chi connectivity index (χ0n) is 11.6. The van der Waals surface area contributed by atoms with Gasteiger partial charge in [-0.2, -0.15) is 0 Å². The third-order valence-electron chi connectivity index (χ3n) is 3.95. The molecule has 0 aliphatic heterocycles. The number of amides is 1. The van der Waals surface area contributed by atoms with Crippen LogP contribution < -0.4 is 11.1 Å². The number of anilines is 1. The van der Waals surface area contributed by atoms with E-state index in [0.29, 0.717) is 0 Å². The highest BCUT2D eigenvalue weighted by Gasteiger charge is 2.35. The van der Waals surface area contributed by atoms with E-state index in [0.717, 1.165) is 46.6 Å². The number of rotatable bonds is 2. The molecule has 2 aromatic rings. The minimum absolute atomic E-state index is 0.0576. The summed E-state index contributed by atoms with van der Waals surface area (Å²) in [6, 6.07) is 5.81. The van der Waals surface area contributed by atoms with E-state index < -0.39 is 5.54 Å². The first-order valence-corrected chi connectivity index (χ1v) is 7.86. The van der Waals surface area contributed by atoms with E-state index >= 15 is 0 Å². The van der Waals surface area contributed by atoms with Crippen LogP contribution in [0.3, 0.4) is 0 Å². The van der Waals surface area contributed by atoms with Gasteiger partial charge in [-0.25, -0.2) is 4.98 Å². The summed E-state index contributed by atoms with van der Waals surface area (Å²) in [5, 5.41) is 4.00. The number of nitrogens with one attached hydrogen (secondary N) is 1. The molecule has 0 bridgehead atoms. The lowest BCUT2D eigenvalue weighted by Gasteiger charge is -2.31. The van der Waals surface area contributed by atoms with Crippen molar-refractivity contribution < 1.29 is 4.79 Å². The number of hydrogen-bond donors (Lipinski definition) is 2. The highest BCUT2D eigenvalue weighted by molar-refractivity contribution is 7.18. The van der Waals surface area contributed by atoms with Gasteiger partial charge in [0.05, 0.1) is 20.8 Å². The fourth-order valence-electron chi connectivity index (χ4n) is 2.78. The van der Waals surface area contributed by atoms with Crippen LogP contribution in [0.4, 0.5) is 5.69 Å². The molecule has 1 aliphatic rings. The number of aryl methyl sites for hydroxylation is 1. The first-order valence-electron chi connectivity index (χ1n) is 7.04. The van der Waals surface area contributed by atoms with Gasteiger partial charge < -0.3 is 11.1 Å². The van der Waals surface area contributed by atoms with Crippen LogP contribution in [0.15, 0.2) is 18.2 Å². The van der Waals surface area contributed by atoms with Crippen molar-refractivity contribution in [1.29, 1.82) is 0 Å². The Labute approximate surface area is 122 Å². The molecule has 3 N–H and O–H groups in total. The molecular formula is C15H19N3OS. The largest absolute Gasteiger partial charge is 0.324 e. The van der Waals surface area contributed by atoms with Crippen LogP contribution in [0.25, 0.3) is 10.2 Å². The van der Waals surface area contributed by atoms with Gasteiger partial charge in [0, 0.05) is 5.69 Å². The Morgan fingerprint density at radius 1 is 1.35 bits per heavy atom. The molecule has 1 aromatic carbocycles. The van der Waals surface area contributed by atoms with E-state index in [-0.39, 0.29) is 5.91 Å². The minimum Gasteiger partial charge on any atom is -0.324 e. The van der Waals surface area contributed by atoms with Crippen molar-refractivity contribution >= 4 is 33.1 Å². The van der Waals surface area contributed by atoms with E-state index in [9.17, 15) is 4.79 Å². The van der Waals surface area contributed by atoms with Gasteiger partial charge in [0.2, 0.25) is 5.91 Å². The summed E-state index contributed by atoms with van der Waals surface area (Å²) in [5.74, 6) is -0.0576. The Morgan fingerprint density at radius 3 is 2.85 bits per heavy atom. The van der Waals surface area contributed by atoms with Gasteiger partial charge in [-0.05, 0) is 38.0 Å². The van der Waals surface area contributed by atoms with Crippen LogP contribution in [0, 0.1) is 6.92 Å². The molecule has 4 nitrogen and oxygen atoms in total. The third kappa shape index (κ3) is 2.55. The average Bonchev–Trinajstić information content (AvgIpc) is 2.79. The van der Waals surface area contributed by atoms with Crippen LogP contribution in [-0.4, -0.2) is 16.4 Å². The Morgan fingerprint density at radius 2 is 2.10 bits per heavy atom. The maximum Gasteiger partial charge on any atom is 0.244 e. The van der Waals surface area contributed by atoms with Gasteiger partial charge in [-0.3, -0.25) is 4.79 Å². The molecule has 1 aliphatic carbocycles. The normalized spacial score (nSPS) is 18.1. The molecule has 3 rings (SSSR count). The molecule has 1 fully saturated rings. The summed E-state index contributed by atoms with van der Waals surface area (Å²) in [6.07, 6.45) is 4.81. The standard InChI is InChI=1S/C15H19N3OS/c1-10-17-12-6-5-11(9-13(12)20-10)18-14(19)15(16)7-3-2-4-8-15/h5-6,9H,2-4,7-8,16H2,1H3,(H,18,19). The quantitative estimate of drug-likeness (QED) is 0.892. The number of aromatic nitrogens is 1. The Kier molecular flexibility index (Phi) is 3.48. The zero-order chi connectivity index (χ0) is 14.2. The van der Waals surface area contributed by atoms with E-state index in [4.69, 9.17) is 5.73 Å². The molecule has 1 saturated carbocycles. The predicted molar refractivity (Wildman–Crippen MR) is 83.0 cm³/mol. The van der Waals surface area contributed by atoms with Crippen LogP contribution in [-0.2, 0) is 4.79 Å². The third-order valence-corrected chi connectivity index (χ3v) is 4.88. The molecule has 0 unspecified atom stereocenters. The number of carbonyl (C=O) groups excluding carboxylic acids is 1. The molecule has 20 heavy (non-hydrogen) atoms. The number of nitrogens with two attached hydrogens (primary N) is 1. The lowest BCUT2D eigenvalue weighted by molar-refractivity contribution is -0.122. The van der Waals surface area contributed by atoms with Gasteiger partial charge in [-0.15, -0.1) is 11.3 Å². The highest BCUT2D eigenvalue weighted by Crippen LogP contribution is 2.29. The van der Waals surface area contributed by atoms with Gasteiger partial charge in [0.1, 0.15) is 0 Å². The fourth-order valence-corrected chi connectivity index (χ4v) is 3.65. The molecule has 0 spiro atoms. The van der Waals surface area contributed by atoms with Crippen LogP contribution in [0.1, 0.15) is 37.1 Å². The molecule has 106 valence electrons. The van der Waals surface area contributed by atoms with Gasteiger partial charge in [0.25, 0.3) is 0 Å². The van der Waals surface area contributed by atoms with Crippen molar-refractivity contribution in [2.24, 2.45) is 5.73 Å². The number of hydrogen-bond acceptors (Lipinski definition) is 4. The number of fused-ring (bicyclic) bond motifs is 1. The Hall–Kier alpha value is -1.46. The maximum absolute atomic E-state index is 12.4. The molecule has 1 amide bonds. The minimum atomic E-state index is -0.698. The first-order chi connectivity index (χ1) is 9.57. The second-order valence-corrected chi connectivity index (χ2v) is 6.82. The van der Waals surface area contributed by atoms with Gasteiger partial charge in [-0.1, -0.05) is 19.3 Å². The van der Waals surface area contributed by atoms with Crippen LogP contribution in [0.2, 0.25) is 0 Å². The van der Waals surface area contributed by atoms with Crippen molar-refractivity contribution in [2.45, 2.75) is 44.6 Å². The summed E-state index contributed by atoms with van der Waals surface area (Å²) >= 11 is 1.63. The van der Waals surface area contributed by atoms with Crippen molar-refractivity contribution in [2.75, 3.05) is 5.32 Å². The zero-order valence-corrected chi connectivity index (χ0v) is 12.4. The lowest BCUT2D eigenvalue weighted by atomic mass is 9.82. The molecular weight excluding hydrogens is 270 g/mol. The molecule has 0 saturated heterocycles. The summed E-state index contributed by atoms with van der Waals surface area (Å²) < 4.78 is 1.09. The monoisotopic (exact) mass is 289 g/mol. The summed E-state index contributed by atoms with van der Waals surface area (Å²) in [4.78, 5) is 16.8. The average molecular weight is 289 g/mol. The molecule has 0 atom stereocenters. The molecule has 5 heteroatoms. The Bertz CT molecular complexity index is 644. The van der Waals surface area contributed by atoms with Gasteiger partial charge >= 0.3 is 0 Å². The molecule has 1 heterocycles. The summed E-state index contributed by atoms with van der Waals surface area (Å²) in [7, 11) is 0. The van der Waals surface area contributed by atoms with Crippen LogP contribution in [0.5, 0.6) is 0 Å². The summed E-state index contributed by atoms with van der Waals surface area (Å²) in [5.41, 5.74) is 7.33. The smallest absolute Gasteiger partial charge is 0.244 e. The SMILES string of the molecule is Cc1nc2ccc(NC(=O)C3(N)CCCCC3)cc2s1. The van der Waals surface area contributed by atoms with E-state index in [2.05, 4.69) is 10.3 Å². The topological polar surface area (TPSA) is 68.0 Å². The van der Waals surface area contributed by atoms with Crippen LogP contribution >= 0.6 is 11.3 Å². The number of thiazole rings is 1. The van der Waals surface area contributed by atoms with Crippen molar-refractivity contribution in [1.82, 2.24) is 4.98 Å². The summed E-state index contributed by atoms with van der Waals surface area (Å²) in [6.45, 7) is 1.99. The Balaban J connectivity index is 1.79. The number of carbonyl (C=O) groups is 1. The first kappa shape index (κ1) is 13.5.